The molecule has 0 aliphatic heterocycles. The van der Waals surface area contributed by atoms with Crippen LogP contribution in [0.1, 0.15) is 5.56 Å². The molecule has 0 atom stereocenters. The van der Waals surface area contributed by atoms with Gasteiger partial charge in [0.05, 0.1) is 0 Å². The number of nitrogens with two attached hydrogens (primary N) is 1. The average molecular weight is 418 g/mol. The van der Waals surface area contributed by atoms with Gasteiger partial charge in [-0.25, -0.2) is 0 Å². The lowest BCUT2D eigenvalue weighted by atomic mass is 10.2. The molecule has 0 unspecified atom stereocenters. The number of nitrogens with zero attached hydrogens (tertiary/aromatic N) is 1. The first-order valence-electron chi connectivity index (χ1n) is 5.51. The molecular weight excluding hydrogens is 408 g/mol. The molecule has 0 aliphatic carbocycles. The zero-order chi connectivity index (χ0) is 14.8. The van der Waals surface area contributed by atoms with Crippen molar-refractivity contribution in [2.75, 3.05) is 0 Å². The predicted octanol–water partition coefficient (Wildman–Crippen LogP) is 3.31. The van der Waals surface area contributed by atoms with Crippen LogP contribution in [0.4, 0.5) is 0 Å². The Morgan fingerprint density at radius 2 is 1.70 bits per heavy atom. The molecule has 0 saturated carbocycles. The minimum Gasteiger partial charge on any atom is -0.383 e. The molecule has 2 rings (SSSR count). The van der Waals surface area contributed by atoms with E-state index in [1.165, 1.54) is 6.07 Å². The van der Waals surface area contributed by atoms with Gasteiger partial charge in [0, 0.05) is 14.5 Å². The summed E-state index contributed by atoms with van der Waals surface area (Å²) in [7, 11) is -3.87. The summed E-state index contributed by atoms with van der Waals surface area (Å²) in [5.74, 6) is -0.0440. The maximum atomic E-state index is 12.3. The largest absolute Gasteiger partial charge is 0.383 e. The maximum Gasteiger partial charge on any atom is 0.285 e. The summed E-state index contributed by atoms with van der Waals surface area (Å²) in [6.45, 7) is 0. The zero-order valence-corrected chi connectivity index (χ0v) is 14.1. The number of benzene rings is 2. The third-order valence-corrected chi connectivity index (χ3v) is 5.24. The van der Waals surface area contributed by atoms with Gasteiger partial charge < -0.3 is 5.73 Å². The Hall–Kier alpha value is -1.18. The third-order valence-electron chi connectivity index (χ3n) is 2.46. The van der Waals surface area contributed by atoms with Gasteiger partial charge in [0.15, 0.2) is 0 Å². The van der Waals surface area contributed by atoms with Crippen LogP contribution >= 0.6 is 31.9 Å². The molecule has 0 amide bonds. The van der Waals surface area contributed by atoms with E-state index < -0.39 is 10.0 Å². The van der Waals surface area contributed by atoms with Crippen LogP contribution < -0.4 is 5.73 Å². The van der Waals surface area contributed by atoms with E-state index in [0.717, 1.165) is 0 Å². The van der Waals surface area contributed by atoms with E-state index in [1.54, 1.807) is 36.4 Å². The van der Waals surface area contributed by atoms with Crippen LogP contribution in [0.2, 0.25) is 0 Å². The zero-order valence-electron chi connectivity index (χ0n) is 10.1. The predicted molar refractivity (Wildman–Crippen MR) is 86.2 cm³/mol. The highest BCUT2D eigenvalue weighted by Crippen LogP contribution is 2.27. The fraction of sp³-hybridized carbons (Fsp3) is 0. The van der Waals surface area contributed by atoms with Crippen molar-refractivity contribution < 1.29 is 8.42 Å². The van der Waals surface area contributed by atoms with E-state index in [9.17, 15) is 8.42 Å². The highest BCUT2D eigenvalue weighted by molar-refractivity contribution is 9.11. The first-order valence-corrected chi connectivity index (χ1v) is 8.54. The highest BCUT2D eigenvalue weighted by Gasteiger charge is 2.18. The Kier molecular flexibility index (Phi) is 4.62. The van der Waals surface area contributed by atoms with E-state index in [-0.39, 0.29) is 10.7 Å². The molecule has 0 heterocycles. The Labute approximate surface area is 134 Å². The highest BCUT2D eigenvalue weighted by atomic mass is 79.9. The molecule has 4 nitrogen and oxygen atoms in total. The minimum atomic E-state index is -3.87. The monoisotopic (exact) mass is 416 g/mol. The number of amidine groups is 1. The molecule has 0 bridgehead atoms. The van der Waals surface area contributed by atoms with Crippen LogP contribution in [-0.2, 0) is 10.0 Å². The Morgan fingerprint density at radius 3 is 2.35 bits per heavy atom. The number of hydrogen-bond donors (Lipinski definition) is 1. The van der Waals surface area contributed by atoms with E-state index >= 15 is 0 Å². The normalized spacial score (nSPS) is 12.4. The second-order valence-corrected chi connectivity index (χ2v) is 7.23. The van der Waals surface area contributed by atoms with Crippen LogP contribution in [-0.4, -0.2) is 14.3 Å². The first kappa shape index (κ1) is 15.2. The van der Waals surface area contributed by atoms with Crippen molar-refractivity contribution in [3.05, 3.63) is 63.0 Å². The summed E-state index contributed by atoms with van der Waals surface area (Å²) < 4.78 is 29.3. The SMILES string of the molecule is N/C(=N/S(=O)(=O)c1cc(Br)ccc1Br)c1ccccc1. The second kappa shape index (κ2) is 6.07. The van der Waals surface area contributed by atoms with Gasteiger partial charge in [-0.1, -0.05) is 46.3 Å². The lowest BCUT2D eigenvalue weighted by Crippen LogP contribution is -2.16. The van der Waals surface area contributed by atoms with Gasteiger partial charge in [-0.3, -0.25) is 0 Å². The van der Waals surface area contributed by atoms with Crippen molar-refractivity contribution in [2.45, 2.75) is 4.90 Å². The van der Waals surface area contributed by atoms with Crippen molar-refractivity contribution in [1.82, 2.24) is 0 Å². The van der Waals surface area contributed by atoms with Crippen molar-refractivity contribution in [1.29, 1.82) is 0 Å². The number of halogens is 2. The van der Waals surface area contributed by atoms with E-state index in [4.69, 9.17) is 5.73 Å². The van der Waals surface area contributed by atoms with Crippen molar-refractivity contribution in [3.63, 3.8) is 0 Å². The number of hydrogen-bond acceptors (Lipinski definition) is 2. The van der Waals surface area contributed by atoms with Gasteiger partial charge in [0.1, 0.15) is 10.7 Å². The summed E-state index contributed by atoms with van der Waals surface area (Å²) in [4.78, 5) is 0.0609. The molecule has 0 radical (unpaired) electrons. The van der Waals surface area contributed by atoms with E-state index in [0.29, 0.717) is 14.5 Å². The smallest absolute Gasteiger partial charge is 0.285 e. The summed E-state index contributed by atoms with van der Waals surface area (Å²) in [5, 5.41) is 0. The van der Waals surface area contributed by atoms with Gasteiger partial charge in [-0.2, -0.15) is 8.42 Å². The molecule has 2 N–H and O–H groups in total. The maximum absolute atomic E-state index is 12.3. The number of rotatable bonds is 3. The summed E-state index contributed by atoms with van der Waals surface area (Å²) in [6, 6.07) is 13.6. The standard InChI is InChI=1S/C13H10Br2N2O2S/c14-10-6-7-11(15)12(8-10)20(18,19)17-13(16)9-4-2-1-3-5-9/h1-8H,(H2,16,17). The van der Waals surface area contributed by atoms with Crippen LogP contribution in [0.5, 0.6) is 0 Å². The summed E-state index contributed by atoms with van der Waals surface area (Å²) in [6.07, 6.45) is 0. The van der Waals surface area contributed by atoms with Gasteiger partial charge in [-0.05, 0) is 34.1 Å². The summed E-state index contributed by atoms with van der Waals surface area (Å²) in [5.41, 5.74) is 6.31. The van der Waals surface area contributed by atoms with Crippen LogP contribution in [0.15, 0.2) is 66.8 Å². The molecule has 0 saturated heterocycles. The van der Waals surface area contributed by atoms with Crippen LogP contribution in [0, 0.1) is 0 Å². The molecule has 104 valence electrons. The molecule has 0 fully saturated rings. The topological polar surface area (TPSA) is 72.5 Å². The van der Waals surface area contributed by atoms with E-state index in [1.807, 2.05) is 6.07 Å². The molecule has 7 heteroatoms. The van der Waals surface area contributed by atoms with Gasteiger partial charge in [0.25, 0.3) is 10.0 Å². The van der Waals surface area contributed by atoms with Crippen molar-refractivity contribution >= 4 is 47.7 Å². The molecule has 0 spiro atoms. The fourth-order valence-electron chi connectivity index (χ4n) is 1.52. The van der Waals surface area contributed by atoms with Crippen LogP contribution in [0.25, 0.3) is 0 Å². The van der Waals surface area contributed by atoms with Crippen molar-refractivity contribution in [2.24, 2.45) is 10.1 Å². The van der Waals surface area contributed by atoms with Crippen LogP contribution in [0.3, 0.4) is 0 Å². The Morgan fingerprint density at radius 1 is 1.05 bits per heavy atom. The Balaban J connectivity index is 2.49. The molecule has 0 aliphatic rings. The second-order valence-electron chi connectivity index (χ2n) is 3.89. The third kappa shape index (κ3) is 3.47. The number of sulfonamides is 1. The summed E-state index contributed by atoms with van der Waals surface area (Å²) >= 11 is 6.44. The Bertz CT molecular complexity index is 759. The molecule has 2 aromatic carbocycles. The molecule has 2 aromatic rings. The average Bonchev–Trinajstić information content (AvgIpc) is 2.42. The fourth-order valence-corrected chi connectivity index (χ4v) is 3.94. The quantitative estimate of drug-likeness (QED) is 0.615. The van der Waals surface area contributed by atoms with Gasteiger partial charge in [-0.15, -0.1) is 4.40 Å². The van der Waals surface area contributed by atoms with Gasteiger partial charge >= 0.3 is 0 Å². The molecule has 0 aromatic heterocycles. The van der Waals surface area contributed by atoms with Crippen molar-refractivity contribution in [3.8, 4) is 0 Å². The lowest BCUT2D eigenvalue weighted by Gasteiger charge is -2.05. The van der Waals surface area contributed by atoms with E-state index in [2.05, 4.69) is 36.3 Å². The lowest BCUT2D eigenvalue weighted by molar-refractivity contribution is 0.597. The minimum absolute atomic E-state index is 0.0440. The molecular formula is C13H10Br2N2O2S. The molecule has 20 heavy (non-hydrogen) atoms. The van der Waals surface area contributed by atoms with Gasteiger partial charge in [0.2, 0.25) is 0 Å². The first-order chi connectivity index (χ1) is 9.40.